The van der Waals surface area contributed by atoms with E-state index in [9.17, 15) is 10.1 Å². The molecule has 4 rings (SSSR count). The van der Waals surface area contributed by atoms with Gasteiger partial charge in [-0.1, -0.05) is 0 Å². The summed E-state index contributed by atoms with van der Waals surface area (Å²) < 4.78 is 0. The van der Waals surface area contributed by atoms with Crippen LogP contribution in [-0.2, 0) is 0 Å². The van der Waals surface area contributed by atoms with Crippen LogP contribution >= 0.6 is 0 Å². The van der Waals surface area contributed by atoms with Crippen molar-refractivity contribution in [3.05, 3.63) is 76.6 Å². The summed E-state index contributed by atoms with van der Waals surface area (Å²) in [6.45, 7) is 0. The van der Waals surface area contributed by atoms with E-state index in [1.165, 1.54) is 18.2 Å². The highest BCUT2D eigenvalue weighted by molar-refractivity contribution is 5.95. The van der Waals surface area contributed by atoms with E-state index in [0.29, 0.717) is 11.4 Å². The van der Waals surface area contributed by atoms with Crippen LogP contribution in [0.4, 0.5) is 17.1 Å². The van der Waals surface area contributed by atoms with Crippen molar-refractivity contribution in [2.75, 3.05) is 5.32 Å². The molecule has 0 unspecified atom stereocenters. The maximum Gasteiger partial charge on any atom is 0.293 e. The summed E-state index contributed by atoms with van der Waals surface area (Å²) in [6.07, 6.45) is 3.39. The molecular weight excluding hydrogens is 344 g/mol. The van der Waals surface area contributed by atoms with Crippen molar-refractivity contribution >= 4 is 28.0 Å². The van der Waals surface area contributed by atoms with E-state index in [2.05, 4.69) is 20.5 Å². The van der Waals surface area contributed by atoms with Crippen molar-refractivity contribution in [1.82, 2.24) is 15.2 Å². The lowest BCUT2D eigenvalue weighted by Crippen LogP contribution is -1.97. The Labute approximate surface area is 153 Å². The molecule has 0 radical (unpaired) electrons. The predicted octanol–water partition coefficient (Wildman–Crippen LogP) is 4.15. The van der Waals surface area contributed by atoms with Gasteiger partial charge in [-0.15, -0.1) is 0 Å². The quantitative estimate of drug-likeness (QED) is 0.418. The van der Waals surface area contributed by atoms with Gasteiger partial charge in [0, 0.05) is 35.1 Å². The molecule has 2 heterocycles. The Balaban J connectivity index is 1.76. The van der Waals surface area contributed by atoms with Gasteiger partial charge < -0.3 is 5.32 Å². The summed E-state index contributed by atoms with van der Waals surface area (Å²) in [7, 11) is 0. The number of nitro benzene ring substituents is 1. The fourth-order valence-corrected chi connectivity index (χ4v) is 2.84. The Kier molecular flexibility index (Phi) is 3.95. The van der Waals surface area contributed by atoms with Gasteiger partial charge in [0.15, 0.2) is 0 Å². The van der Waals surface area contributed by atoms with Crippen LogP contribution in [0, 0.1) is 21.4 Å². The Hall–Kier alpha value is -4.25. The van der Waals surface area contributed by atoms with Crippen molar-refractivity contribution in [2.45, 2.75) is 0 Å². The number of hydrogen-bond donors (Lipinski definition) is 2. The topological polar surface area (TPSA) is 121 Å². The van der Waals surface area contributed by atoms with Gasteiger partial charge in [0.2, 0.25) is 0 Å². The van der Waals surface area contributed by atoms with Crippen LogP contribution < -0.4 is 5.32 Å². The zero-order chi connectivity index (χ0) is 18.8. The van der Waals surface area contributed by atoms with Crippen LogP contribution in [0.2, 0.25) is 0 Å². The normalized spacial score (nSPS) is 10.5. The fourth-order valence-electron chi connectivity index (χ4n) is 2.84. The van der Waals surface area contributed by atoms with E-state index in [0.717, 1.165) is 22.2 Å². The van der Waals surface area contributed by atoms with Crippen LogP contribution in [0.3, 0.4) is 0 Å². The van der Waals surface area contributed by atoms with Crippen LogP contribution in [-0.4, -0.2) is 20.1 Å². The second kappa shape index (κ2) is 6.57. The Morgan fingerprint density at radius 3 is 2.67 bits per heavy atom. The summed E-state index contributed by atoms with van der Waals surface area (Å²) in [4.78, 5) is 14.8. The summed E-state index contributed by atoms with van der Waals surface area (Å²) in [5, 5.41) is 31.6. The lowest BCUT2D eigenvalue weighted by molar-refractivity contribution is -0.383. The molecule has 130 valence electrons. The maximum absolute atomic E-state index is 11.3. The fraction of sp³-hybridized carbons (Fsp3) is 0. The average molecular weight is 356 g/mol. The first kappa shape index (κ1) is 16.2. The number of nitriles is 1. The summed E-state index contributed by atoms with van der Waals surface area (Å²) in [5.41, 5.74) is 3.59. The molecule has 8 nitrogen and oxygen atoms in total. The number of pyridine rings is 1. The third-order valence-corrected chi connectivity index (χ3v) is 4.12. The van der Waals surface area contributed by atoms with Gasteiger partial charge in [-0.25, -0.2) is 0 Å². The van der Waals surface area contributed by atoms with E-state index in [1.807, 2.05) is 30.3 Å². The molecule has 0 aliphatic carbocycles. The van der Waals surface area contributed by atoms with Crippen molar-refractivity contribution in [2.24, 2.45) is 0 Å². The minimum atomic E-state index is -0.512. The number of anilines is 2. The molecule has 0 aliphatic rings. The lowest BCUT2D eigenvalue weighted by Gasteiger charge is -2.08. The number of aromatic amines is 1. The van der Waals surface area contributed by atoms with Gasteiger partial charge in [-0.2, -0.15) is 10.4 Å². The highest BCUT2D eigenvalue weighted by Crippen LogP contribution is 2.32. The molecule has 2 aromatic heterocycles. The minimum Gasteiger partial charge on any atom is -0.350 e. The second-order valence-corrected chi connectivity index (χ2v) is 5.79. The monoisotopic (exact) mass is 356 g/mol. The molecule has 8 heteroatoms. The predicted molar refractivity (Wildman–Crippen MR) is 100 cm³/mol. The first-order valence-corrected chi connectivity index (χ1v) is 8.00. The van der Waals surface area contributed by atoms with E-state index < -0.39 is 4.92 Å². The Morgan fingerprint density at radius 1 is 1.11 bits per heavy atom. The van der Waals surface area contributed by atoms with Crippen LogP contribution in [0.5, 0.6) is 0 Å². The number of rotatable bonds is 4. The highest BCUT2D eigenvalue weighted by atomic mass is 16.6. The third kappa shape index (κ3) is 3.05. The van der Waals surface area contributed by atoms with Crippen LogP contribution in [0.1, 0.15) is 5.56 Å². The van der Waals surface area contributed by atoms with Gasteiger partial charge in [0.05, 0.1) is 22.1 Å². The highest BCUT2D eigenvalue weighted by Gasteiger charge is 2.16. The molecular formula is C19H12N6O2. The van der Waals surface area contributed by atoms with Crippen LogP contribution in [0.15, 0.2) is 60.9 Å². The van der Waals surface area contributed by atoms with Crippen molar-refractivity contribution in [1.29, 1.82) is 5.26 Å². The number of fused-ring (bicyclic) bond motifs is 1. The van der Waals surface area contributed by atoms with Gasteiger partial charge in [0.25, 0.3) is 5.69 Å². The smallest absolute Gasteiger partial charge is 0.293 e. The van der Waals surface area contributed by atoms with Gasteiger partial charge in [-0.05, 0) is 42.5 Å². The number of hydrogen-bond acceptors (Lipinski definition) is 6. The third-order valence-electron chi connectivity index (χ3n) is 4.12. The zero-order valence-electron chi connectivity index (χ0n) is 13.9. The number of aromatic nitrogens is 3. The molecule has 0 atom stereocenters. The zero-order valence-corrected chi connectivity index (χ0v) is 13.9. The maximum atomic E-state index is 11.3. The molecule has 4 aromatic rings. The molecule has 27 heavy (non-hydrogen) atoms. The number of nitro groups is 1. The van der Waals surface area contributed by atoms with Crippen molar-refractivity contribution in [3.8, 4) is 17.3 Å². The van der Waals surface area contributed by atoms with Gasteiger partial charge in [-0.3, -0.25) is 20.2 Å². The first-order chi connectivity index (χ1) is 13.2. The number of nitrogens with zero attached hydrogens (tertiary/aromatic N) is 4. The second-order valence-electron chi connectivity index (χ2n) is 5.79. The molecule has 2 N–H and O–H groups in total. The van der Waals surface area contributed by atoms with Crippen molar-refractivity contribution in [3.63, 3.8) is 0 Å². The van der Waals surface area contributed by atoms with Gasteiger partial charge >= 0.3 is 0 Å². The summed E-state index contributed by atoms with van der Waals surface area (Å²) >= 11 is 0. The number of nitrogens with one attached hydrogen (secondary N) is 2. The SMILES string of the molecule is N#Cc1ccc(Nc2ccc3[nH]nc(-c4ccncc4)c3c2)c([N+](=O)[O-])c1. The molecule has 0 spiro atoms. The largest absolute Gasteiger partial charge is 0.350 e. The minimum absolute atomic E-state index is 0.157. The molecule has 0 bridgehead atoms. The van der Waals surface area contributed by atoms with Crippen molar-refractivity contribution < 1.29 is 4.92 Å². The van der Waals surface area contributed by atoms with Crippen LogP contribution in [0.25, 0.3) is 22.2 Å². The van der Waals surface area contributed by atoms with Gasteiger partial charge in [0.1, 0.15) is 11.4 Å². The average Bonchev–Trinajstić information content (AvgIpc) is 3.12. The van der Waals surface area contributed by atoms with E-state index in [4.69, 9.17) is 5.26 Å². The first-order valence-electron chi connectivity index (χ1n) is 8.00. The van der Waals surface area contributed by atoms with E-state index in [-0.39, 0.29) is 11.3 Å². The molecule has 0 aliphatic heterocycles. The Bertz CT molecular complexity index is 1190. The summed E-state index contributed by atoms with van der Waals surface area (Å²) in [5.74, 6) is 0. The molecule has 0 saturated heterocycles. The molecule has 0 saturated carbocycles. The molecule has 0 fully saturated rings. The lowest BCUT2D eigenvalue weighted by atomic mass is 10.1. The Morgan fingerprint density at radius 2 is 1.93 bits per heavy atom. The standard InChI is InChI=1S/C19H12N6O2/c20-11-12-1-3-17(18(9-12)25(26)27)22-14-2-4-16-15(10-14)19(24-23-16)13-5-7-21-8-6-13/h1-10,22H,(H,23,24). The number of benzene rings is 2. The number of H-pyrrole nitrogens is 1. The molecule has 0 amide bonds. The van der Waals surface area contributed by atoms with E-state index >= 15 is 0 Å². The molecule has 2 aromatic carbocycles. The van der Waals surface area contributed by atoms with E-state index in [1.54, 1.807) is 18.5 Å². The summed E-state index contributed by atoms with van der Waals surface area (Å²) in [6, 6.07) is 15.5.